The number of halogens is 2. The van der Waals surface area contributed by atoms with Crippen molar-refractivity contribution < 1.29 is 9.13 Å². The summed E-state index contributed by atoms with van der Waals surface area (Å²) in [5, 5.41) is 5.30. The summed E-state index contributed by atoms with van der Waals surface area (Å²) >= 11 is 5.10. The van der Waals surface area contributed by atoms with Gasteiger partial charge in [0.1, 0.15) is 11.6 Å². The van der Waals surface area contributed by atoms with E-state index >= 15 is 0 Å². The zero-order valence-corrected chi connectivity index (χ0v) is 13.1. The fourth-order valence-electron chi connectivity index (χ4n) is 2.02. The van der Waals surface area contributed by atoms with Crippen molar-refractivity contribution in [3.63, 3.8) is 0 Å². The highest BCUT2D eigenvalue weighted by Crippen LogP contribution is 2.38. The van der Waals surface area contributed by atoms with Crippen LogP contribution in [-0.2, 0) is 0 Å². The van der Waals surface area contributed by atoms with Gasteiger partial charge in [0.25, 0.3) is 0 Å². The lowest BCUT2D eigenvalue weighted by Crippen LogP contribution is -2.23. The molecule has 1 aromatic heterocycles. The Morgan fingerprint density at radius 2 is 2.21 bits per heavy atom. The van der Waals surface area contributed by atoms with Crippen LogP contribution in [0.5, 0.6) is 5.75 Å². The summed E-state index contributed by atoms with van der Waals surface area (Å²) in [6, 6.07) is 6.66. The zero-order valence-electron chi connectivity index (χ0n) is 10.7. The number of ether oxygens (including phenoxy) is 1. The third-order valence-electron chi connectivity index (χ3n) is 2.84. The first-order chi connectivity index (χ1) is 9.19. The van der Waals surface area contributed by atoms with E-state index in [1.165, 1.54) is 6.07 Å². The van der Waals surface area contributed by atoms with Gasteiger partial charge >= 0.3 is 0 Å². The topological polar surface area (TPSA) is 21.3 Å². The van der Waals surface area contributed by atoms with Crippen molar-refractivity contribution in [2.24, 2.45) is 0 Å². The Balaban J connectivity index is 2.54. The fourth-order valence-corrected chi connectivity index (χ4v) is 3.70. The maximum absolute atomic E-state index is 14.2. The number of methoxy groups -OCH3 is 1. The van der Waals surface area contributed by atoms with Gasteiger partial charge in [-0.05, 0) is 46.1 Å². The van der Waals surface area contributed by atoms with Crippen LogP contribution in [0.4, 0.5) is 4.39 Å². The molecule has 102 valence electrons. The molecule has 1 unspecified atom stereocenters. The van der Waals surface area contributed by atoms with E-state index in [9.17, 15) is 4.39 Å². The van der Waals surface area contributed by atoms with E-state index in [-0.39, 0.29) is 11.9 Å². The van der Waals surface area contributed by atoms with Crippen molar-refractivity contribution in [2.45, 2.75) is 13.0 Å². The third kappa shape index (κ3) is 2.99. The smallest absolute Gasteiger partial charge is 0.132 e. The lowest BCUT2D eigenvalue weighted by atomic mass is 10.0. The number of hydrogen-bond donors (Lipinski definition) is 1. The molecule has 0 spiro atoms. The first-order valence-electron chi connectivity index (χ1n) is 5.97. The summed E-state index contributed by atoms with van der Waals surface area (Å²) < 4.78 is 20.5. The SMILES string of the molecule is CCNC(c1sccc1Br)c1c(F)cccc1OC. The maximum Gasteiger partial charge on any atom is 0.132 e. The normalized spacial score (nSPS) is 12.4. The highest BCUT2D eigenvalue weighted by atomic mass is 79.9. The lowest BCUT2D eigenvalue weighted by Gasteiger charge is -2.21. The molecule has 1 aromatic carbocycles. The molecular formula is C14H15BrFNOS. The molecule has 2 rings (SSSR count). The van der Waals surface area contributed by atoms with E-state index in [2.05, 4.69) is 21.2 Å². The Labute approximate surface area is 124 Å². The molecule has 0 aliphatic heterocycles. The molecular weight excluding hydrogens is 329 g/mol. The van der Waals surface area contributed by atoms with E-state index in [1.807, 2.05) is 18.4 Å². The molecule has 0 aliphatic carbocycles. The number of benzene rings is 1. The number of hydrogen-bond acceptors (Lipinski definition) is 3. The predicted molar refractivity (Wildman–Crippen MR) is 80.5 cm³/mol. The summed E-state index contributed by atoms with van der Waals surface area (Å²) in [5.41, 5.74) is 0.551. The Bertz CT molecular complexity index is 558. The minimum atomic E-state index is -0.259. The number of rotatable bonds is 5. The average molecular weight is 344 g/mol. The van der Waals surface area contributed by atoms with E-state index in [0.29, 0.717) is 11.3 Å². The van der Waals surface area contributed by atoms with Crippen LogP contribution in [0.3, 0.4) is 0 Å². The summed E-state index contributed by atoms with van der Waals surface area (Å²) in [4.78, 5) is 1.05. The Morgan fingerprint density at radius 1 is 1.42 bits per heavy atom. The van der Waals surface area contributed by atoms with E-state index in [4.69, 9.17) is 4.74 Å². The molecule has 5 heteroatoms. The minimum absolute atomic E-state index is 0.212. The van der Waals surface area contributed by atoms with Crippen LogP contribution in [-0.4, -0.2) is 13.7 Å². The first-order valence-corrected chi connectivity index (χ1v) is 7.65. The first kappa shape index (κ1) is 14.5. The van der Waals surface area contributed by atoms with Crippen LogP contribution in [0.25, 0.3) is 0 Å². The molecule has 1 atom stereocenters. The molecule has 0 amide bonds. The molecule has 0 saturated heterocycles. The van der Waals surface area contributed by atoms with Crippen molar-refractivity contribution in [3.05, 3.63) is 50.4 Å². The minimum Gasteiger partial charge on any atom is -0.496 e. The van der Waals surface area contributed by atoms with Gasteiger partial charge in [0.2, 0.25) is 0 Å². The second-order valence-electron chi connectivity index (χ2n) is 3.98. The fraction of sp³-hybridized carbons (Fsp3) is 0.286. The molecule has 2 aromatic rings. The van der Waals surface area contributed by atoms with Gasteiger partial charge in [-0.3, -0.25) is 0 Å². The molecule has 2 nitrogen and oxygen atoms in total. The van der Waals surface area contributed by atoms with Gasteiger partial charge in [-0.25, -0.2) is 4.39 Å². The maximum atomic E-state index is 14.2. The Kier molecular flexibility index (Phi) is 4.96. The largest absolute Gasteiger partial charge is 0.496 e. The van der Waals surface area contributed by atoms with Crippen molar-refractivity contribution in [2.75, 3.05) is 13.7 Å². The summed E-state index contributed by atoms with van der Waals surface area (Å²) in [6.45, 7) is 2.74. The van der Waals surface area contributed by atoms with Gasteiger partial charge in [-0.15, -0.1) is 11.3 Å². The lowest BCUT2D eigenvalue weighted by molar-refractivity contribution is 0.397. The van der Waals surface area contributed by atoms with Crippen LogP contribution >= 0.6 is 27.3 Å². The molecule has 1 heterocycles. The van der Waals surface area contributed by atoms with Crippen LogP contribution < -0.4 is 10.1 Å². The van der Waals surface area contributed by atoms with Crippen LogP contribution in [0.2, 0.25) is 0 Å². The third-order valence-corrected chi connectivity index (χ3v) is 4.77. The van der Waals surface area contributed by atoms with Gasteiger partial charge in [0.05, 0.1) is 18.7 Å². The number of nitrogens with one attached hydrogen (secondary N) is 1. The molecule has 0 bridgehead atoms. The molecule has 1 N–H and O–H groups in total. The van der Waals surface area contributed by atoms with E-state index in [1.54, 1.807) is 30.6 Å². The average Bonchev–Trinajstić information content (AvgIpc) is 2.82. The van der Waals surface area contributed by atoms with Crippen LogP contribution in [0, 0.1) is 5.82 Å². The summed E-state index contributed by atoms with van der Waals surface area (Å²) in [7, 11) is 1.56. The van der Waals surface area contributed by atoms with E-state index in [0.717, 1.165) is 15.9 Å². The Hall–Kier alpha value is -0.910. The van der Waals surface area contributed by atoms with Gasteiger partial charge in [-0.1, -0.05) is 13.0 Å². The second-order valence-corrected chi connectivity index (χ2v) is 5.78. The van der Waals surface area contributed by atoms with Gasteiger partial charge < -0.3 is 10.1 Å². The van der Waals surface area contributed by atoms with Crippen LogP contribution in [0.1, 0.15) is 23.4 Å². The molecule has 0 radical (unpaired) electrons. The Morgan fingerprint density at radius 3 is 2.79 bits per heavy atom. The molecule has 0 fully saturated rings. The van der Waals surface area contributed by atoms with Gasteiger partial charge in [0, 0.05) is 9.35 Å². The van der Waals surface area contributed by atoms with E-state index < -0.39 is 0 Å². The monoisotopic (exact) mass is 343 g/mol. The number of thiophene rings is 1. The quantitative estimate of drug-likeness (QED) is 0.870. The summed E-state index contributed by atoms with van der Waals surface area (Å²) in [6.07, 6.45) is 0. The van der Waals surface area contributed by atoms with Crippen molar-refractivity contribution in [1.29, 1.82) is 0 Å². The van der Waals surface area contributed by atoms with Crippen molar-refractivity contribution >= 4 is 27.3 Å². The second kappa shape index (κ2) is 6.50. The highest BCUT2D eigenvalue weighted by molar-refractivity contribution is 9.10. The predicted octanol–water partition coefficient (Wildman–Crippen LogP) is 4.36. The zero-order chi connectivity index (χ0) is 13.8. The standard InChI is InChI=1S/C14H15BrFNOS/c1-3-17-13(14-9(15)7-8-19-14)12-10(16)5-4-6-11(12)18-2/h4-8,13,17H,3H2,1-2H3. The van der Waals surface area contributed by atoms with Gasteiger partial charge in [-0.2, -0.15) is 0 Å². The van der Waals surface area contributed by atoms with Crippen molar-refractivity contribution in [3.8, 4) is 5.75 Å². The molecule has 0 aliphatic rings. The highest BCUT2D eigenvalue weighted by Gasteiger charge is 2.24. The molecule has 0 saturated carbocycles. The summed E-state index contributed by atoms with van der Waals surface area (Å²) in [5.74, 6) is 0.303. The van der Waals surface area contributed by atoms with Crippen molar-refractivity contribution in [1.82, 2.24) is 5.32 Å². The molecule has 19 heavy (non-hydrogen) atoms. The van der Waals surface area contributed by atoms with Gasteiger partial charge in [0.15, 0.2) is 0 Å². The van der Waals surface area contributed by atoms with Crippen LogP contribution in [0.15, 0.2) is 34.1 Å².